The molecule has 2 aromatic heterocycles. The fourth-order valence-electron chi connectivity index (χ4n) is 13.4. The number of anilines is 4. The summed E-state index contributed by atoms with van der Waals surface area (Å²) in [5.74, 6) is 3.41. The van der Waals surface area contributed by atoms with Crippen LogP contribution in [0, 0.1) is 0 Å². The smallest absolute Gasteiger partial charge is 0.410 e. The van der Waals surface area contributed by atoms with Gasteiger partial charge < -0.3 is 62.7 Å². The standard InChI is InChI=1S/C43H54N6O6.C34H39N5O4S.H2S/c1-5-6-25-52-34-26-32-15-10-11-17-35(32)38(27-34)48-20-18-36-37(28-48)44-40(53-30-33-16-12-19-49(33)42(51)55-43(2,3)4)45-39(36)46-21-23-47(24-22-46)41(50)54-29-31-13-8-7-9-14-31;1-3-4-20-42-27-21-26-12-8-9-13-28(26)31(22-27)39-15-14-29-30(23-39)35-33(44(2)41)36-32(29)37-16-18-38(19-17-37)34(40)43-24-25-10-6-5-7-11-25;/h7-11,13-15,17,26-27,33H,5-6,12,16,18-25,28-30H2,1-4H3;5-13,21-22H,3-4,14-20,23-24H2,1-2H3;1H2/t33-;;/m0../s1. The summed E-state index contributed by atoms with van der Waals surface area (Å²) < 4.78 is 48.3. The molecule has 530 valence electrons. The highest BCUT2D eigenvalue weighted by atomic mass is 32.2. The Labute approximate surface area is 596 Å². The van der Waals surface area contributed by atoms with Crippen molar-refractivity contribution < 1.29 is 47.0 Å². The monoisotopic (exact) mass is 1400 g/mol. The molecule has 0 N–H and O–H groups in total. The Bertz CT molecular complexity index is 4120. The van der Waals surface area contributed by atoms with Crippen LogP contribution in [0.5, 0.6) is 17.5 Å². The maximum absolute atomic E-state index is 13.0. The lowest BCUT2D eigenvalue weighted by Crippen LogP contribution is -2.49. The van der Waals surface area contributed by atoms with E-state index < -0.39 is 16.4 Å². The quantitative estimate of drug-likeness (QED) is 0.0396. The molecule has 8 aromatic rings. The van der Waals surface area contributed by atoms with Crippen molar-refractivity contribution in [2.75, 3.05) is 118 Å². The van der Waals surface area contributed by atoms with Crippen LogP contribution in [0.1, 0.15) is 107 Å². The molecule has 21 nitrogen and oxygen atoms in total. The van der Waals surface area contributed by atoms with E-state index in [0.29, 0.717) is 90.4 Å². The summed E-state index contributed by atoms with van der Waals surface area (Å²) >= 11 is 0. The van der Waals surface area contributed by atoms with Crippen molar-refractivity contribution in [3.05, 3.63) is 167 Å². The number of likely N-dealkylation sites (tertiary alicyclic amines) is 1. The summed E-state index contributed by atoms with van der Waals surface area (Å²) in [7, 11) is -1.34. The van der Waals surface area contributed by atoms with Crippen molar-refractivity contribution >= 4 is 87.1 Å². The molecule has 100 heavy (non-hydrogen) atoms. The van der Waals surface area contributed by atoms with Crippen molar-refractivity contribution in [2.45, 2.75) is 129 Å². The zero-order chi connectivity index (χ0) is 68.8. The van der Waals surface area contributed by atoms with Crippen LogP contribution in [0.15, 0.2) is 139 Å². The summed E-state index contributed by atoms with van der Waals surface area (Å²) in [5.41, 5.74) is 7.56. The molecular formula is C77H95N11O10S2. The Hall–Kier alpha value is -9.09. The Morgan fingerprint density at radius 1 is 0.530 bits per heavy atom. The van der Waals surface area contributed by atoms with Crippen LogP contribution in [0.3, 0.4) is 0 Å². The van der Waals surface area contributed by atoms with Gasteiger partial charge in [-0.2, -0.15) is 23.5 Å². The minimum absolute atomic E-state index is 0. The second-order valence-corrected chi connectivity index (χ2v) is 28.1. The molecule has 5 aliphatic heterocycles. The number of rotatable bonds is 20. The number of hydrogen-bond acceptors (Lipinski definition) is 18. The Balaban J connectivity index is 0.000000204. The number of aromatic nitrogens is 4. The average Bonchev–Trinajstić information content (AvgIpc) is 0.822. The predicted octanol–water partition coefficient (Wildman–Crippen LogP) is 13.3. The van der Waals surface area contributed by atoms with Gasteiger partial charge in [0.25, 0.3) is 0 Å². The van der Waals surface area contributed by atoms with Gasteiger partial charge in [-0.15, -0.1) is 0 Å². The first-order valence-corrected chi connectivity index (χ1v) is 36.7. The number of nitrogens with zero attached hydrogens (tertiary/aromatic N) is 11. The van der Waals surface area contributed by atoms with Gasteiger partial charge in [-0.25, -0.2) is 24.4 Å². The number of unbranched alkanes of at least 4 members (excludes halogenated alkanes) is 2. The van der Waals surface area contributed by atoms with Gasteiger partial charge >= 0.3 is 24.3 Å². The summed E-state index contributed by atoms with van der Waals surface area (Å²) in [6.45, 7) is 20.0. The maximum Gasteiger partial charge on any atom is 0.410 e. The molecule has 1 unspecified atom stereocenters. The highest BCUT2D eigenvalue weighted by Crippen LogP contribution is 2.40. The maximum atomic E-state index is 13.0. The van der Waals surface area contributed by atoms with Crippen LogP contribution < -0.4 is 33.8 Å². The van der Waals surface area contributed by atoms with Gasteiger partial charge in [0.2, 0.25) is 5.16 Å². The lowest BCUT2D eigenvalue weighted by atomic mass is 10.0. The highest BCUT2D eigenvalue weighted by molar-refractivity contribution is 7.84. The largest absolute Gasteiger partial charge is 0.493 e. The number of carbonyl (C=O) groups is 3. The second-order valence-electron chi connectivity index (χ2n) is 26.8. The Morgan fingerprint density at radius 3 is 1.48 bits per heavy atom. The van der Waals surface area contributed by atoms with Gasteiger partial charge in [0, 0.05) is 124 Å². The molecule has 3 saturated heterocycles. The number of piperazine rings is 2. The lowest BCUT2D eigenvalue weighted by molar-refractivity contribution is 0.0183. The van der Waals surface area contributed by atoms with E-state index in [2.05, 4.69) is 106 Å². The minimum Gasteiger partial charge on any atom is -0.493 e. The lowest BCUT2D eigenvalue weighted by Gasteiger charge is -2.38. The molecule has 5 aliphatic rings. The first-order valence-electron chi connectivity index (χ1n) is 35.1. The van der Waals surface area contributed by atoms with Crippen molar-refractivity contribution in [1.82, 2.24) is 34.6 Å². The van der Waals surface area contributed by atoms with Crippen LogP contribution in [-0.4, -0.2) is 167 Å². The molecule has 0 radical (unpaired) electrons. The number of carbonyl (C=O) groups excluding carboxylic acids is 3. The van der Waals surface area contributed by atoms with Crippen molar-refractivity contribution in [3.63, 3.8) is 0 Å². The zero-order valence-electron chi connectivity index (χ0n) is 58.6. The van der Waals surface area contributed by atoms with Gasteiger partial charge in [0.15, 0.2) is 0 Å². The third kappa shape index (κ3) is 18.1. The second kappa shape index (κ2) is 33.8. The summed E-state index contributed by atoms with van der Waals surface area (Å²) in [4.78, 5) is 72.9. The van der Waals surface area contributed by atoms with E-state index in [1.54, 1.807) is 21.0 Å². The topological polar surface area (TPSA) is 198 Å². The molecule has 3 fully saturated rings. The fraction of sp³-hybridized carbons (Fsp3) is 0.442. The first kappa shape index (κ1) is 72.2. The van der Waals surface area contributed by atoms with Gasteiger partial charge in [-0.1, -0.05) is 136 Å². The number of hydrogen-bond donors (Lipinski definition) is 0. The first-order chi connectivity index (χ1) is 48.1. The van der Waals surface area contributed by atoms with E-state index in [0.717, 1.165) is 143 Å². The molecule has 7 heterocycles. The van der Waals surface area contributed by atoms with Crippen molar-refractivity contribution in [2.24, 2.45) is 0 Å². The van der Waals surface area contributed by atoms with Crippen molar-refractivity contribution in [1.29, 1.82) is 0 Å². The molecule has 3 amide bonds. The normalized spacial score (nSPS) is 16.4. The van der Waals surface area contributed by atoms with E-state index in [9.17, 15) is 18.6 Å². The molecule has 0 aliphatic carbocycles. The SMILES string of the molecule is CCCCOc1cc(N2CCc3c(nc(OC[C@@H]4CCCN4C(=O)OC(C)(C)C)nc3N3CCN(C(=O)OCc4ccccc4)CC3)C2)c2ccccc2c1.CCCCOc1cc(N2CCc3c(nc(S(C)=O)nc3N3CCN(C(=O)OCc4ccccc4)CC3)C2)c2ccccc2c1.S. The summed E-state index contributed by atoms with van der Waals surface area (Å²) in [6, 6.07) is 44.9. The van der Waals surface area contributed by atoms with Gasteiger partial charge in [-0.3, -0.25) is 4.21 Å². The number of benzene rings is 6. The van der Waals surface area contributed by atoms with E-state index >= 15 is 0 Å². The molecule has 0 spiro atoms. The Morgan fingerprint density at radius 2 is 1.00 bits per heavy atom. The number of fused-ring (bicyclic) bond motifs is 4. The molecule has 13 rings (SSSR count). The van der Waals surface area contributed by atoms with Crippen LogP contribution >= 0.6 is 13.5 Å². The number of amides is 3. The average molecular weight is 1400 g/mol. The van der Waals surface area contributed by atoms with Gasteiger partial charge in [-0.05, 0) is 93.3 Å². The molecular weight excluding hydrogens is 1300 g/mol. The highest BCUT2D eigenvalue weighted by Gasteiger charge is 2.36. The fourth-order valence-corrected chi connectivity index (χ4v) is 13.8. The van der Waals surface area contributed by atoms with E-state index in [-0.39, 0.29) is 63.6 Å². The molecule has 0 bridgehead atoms. The minimum atomic E-state index is -1.34. The third-order valence-corrected chi connectivity index (χ3v) is 19.3. The van der Waals surface area contributed by atoms with Crippen LogP contribution in [0.25, 0.3) is 21.5 Å². The van der Waals surface area contributed by atoms with E-state index in [4.69, 9.17) is 48.4 Å². The van der Waals surface area contributed by atoms with Crippen molar-refractivity contribution in [3.8, 4) is 17.5 Å². The van der Waals surface area contributed by atoms with Gasteiger partial charge in [0.05, 0.1) is 54.5 Å². The number of ether oxygens (including phenoxy) is 6. The Kier molecular flexibility index (Phi) is 24.4. The zero-order valence-corrected chi connectivity index (χ0v) is 60.4. The van der Waals surface area contributed by atoms with Crippen LogP contribution in [0.2, 0.25) is 0 Å². The van der Waals surface area contributed by atoms with Crippen LogP contribution in [-0.2, 0) is 64.2 Å². The third-order valence-electron chi connectivity index (χ3n) is 18.6. The molecule has 6 aromatic carbocycles. The molecule has 2 atom stereocenters. The molecule has 23 heteroatoms. The predicted molar refractivity (Wildman–Crippen MR) is 397 cm³/mol. The summed E-state index contributed by atoms with van der Waals surface area (Å²) in [5, 5.41) is 4.95. The van der Waals surface area contributed by atoms with E-state index in [1.807, 2.05) is 81.4 Å². The molecule has 0 saturated carbocycles. The van der Waals surface area contributed by atoms with Crippen LogP contribution in [0.4, 0.5) is 37.4 Å². The van der Waals surface area contributed by atoms with E-state index in [1.165, 1.54) is 10.8 Å². The van der Waals surface area contributed by atoms with Gasteiger partial charge in [0.1, 0.15) is 48.6 Å². The summed E-state index contributed by atoms with van der Waals surface area (Å²) in [6.07, 6.45) is 8.05.